The van der Waals surface area contributed by atoms with Gasteiger partial charge in [-0.2, -0.15) is 13.2 Å². The third-order valence-corrected chi connectivity index (χ3v) is 3.96. The molecule has 6 nitrogen and oxygen atoms in total. The molecule has 0 fully saturated rings. The maximum Gasteiger partial charge on any atom is 0.411 e. The summed E-state index contributed by atoms with van der Waals surface area (Å²) in [6, 6.07) is 7.25. The largest absolute Gasteiger partial charge is 0.411 e. The number of nitrogens with zero attached hydrogens (tertiary/aromatic N) is 2. The molecule has 0 saturated heterocycles. The molecule has 0 spiro atoms. The molecule has 0 heterocycles. The lowest BCUT2D eigenvalue weighted by Crippen LogP contribution is -2.41. The van der Waals surface area contributed by atoms with Crippen molar-refractivity contribution < 1.29 is 22.6 Å². The van der Waals surface area contributed by atoms with Gasteiger partial charge < -0.3 is 25.0 Å². The highest BCUT2D eigenvalue weighted by Gasteiger charge is 2.27. The molecule has 1 aromatic carbocycles. The molecule has 0 amide bonds. The number of ether oxygens (including phenoxy) is 2. The number of likely N-dealkylation sites (N-methyl/N-ethyl adjacent to an activating group) is 1. The predicted molar refractivity (Wildman–Crippen MR) is 124 cm³/mol. The van der Waals surface area contributed by atoms with Gasteiger partial charge in [0, 0.05) is 39.9 Å². The summed E-state index contributed by atoms with van der Waals surface area (Å²) in [7, 11) is 3.76. The minimum Gasteiger partial charge on any atom is -0.385 e. The van der Waals surface area contributed by atoms with Crippen LogP contribution in [0, 0.1) is 0 Å². The molecular weight excluding hydrogens is 512 g/mol. The van der Waals surface area contributed by atoms with Crippen molar-refractivity contribution in [3.63, 3.8) is 0 Å². The number of halogens is 4. The second-order valence-electron chi connectivity index (χ2n) is 6.70. The number of alkyl halides is 3. The van der Waals surface area contributed by atoms with Crippen LogP contribution >= 0.6 is 24.0 Å². The van der Waals surface area contributed by atoms with E-state index in [9.17, 15) is 13.2 Å². The highest BCUT2D eigenvalue weighted by atomic mass is 127. The lowest BCUT2D eigenvalue weighted by Gasteiger charge is -2.18. The summed E-state index contributed by atoms with van der Waals surface area (Å²) in [5.41, 5.74) is 1.60. The number of nitrogens with one attached hydrogen (secondary N) is 2. The first-order valence-corrected chi connectivity index (χ1v) is 9.76. The van der Waals surface area contributed by atoms with E-state index in [2.05, 4.69) is 27.6 Å². The Kier molecular flexibility index (Phi) is 16.0. The van der Waals surface area contributed by atoms with Crippen LogP contribution in [0.1, 0.15) is 24.5 Å². The van der Waals surface area contributed by atoms with Crippen LogP contribution < -0.4 is 10.6 Å². The van der Waals surface area contributed by atoms with E-state index < -0.39 is 12.8 Å². The standard InChI is InChI=1S/C20H33F3N4O2.HI/c1-4-24-19(25-9-11-27(2)10-6-12-28-3)26-14-17-7-5-8-18(13-17)15-29-16-20(21,22)23;/h5,7-8,13H,4,6,9-12,14-16H2,1-3H3,(H2,24,25,26);1H. The Morgan fingerprint density at radius 2 is 1.90 bits per heavy atom. The minimum absolute atomic E-state index is 0. The van der Waals surface area contributed by atoms with Crippen molar-refractivity contribution in [2.75, 3.05) is 53.6 Å². The fraction of sp³-hybridized carbons (Fsp3) is 0.650. The molecule has 1 rings (SSSR count). The van der Waals surface area contributed by atoms with Gasteiger partial charge in [0.25, 0.3) is 0 Å². The average molecular weight is 546 g/mol. The Hall–Kier alpha value is -1.11. The Morgan fingerprint density at radius 3 is 2.57 bits per heavy atom. The fourth-order valence-corrected chi connectivity index (χ4v) is 2.57. The van der Waals surface area contributed by atoms with E-state index in [-0.39, 0.29) is 30.6 Å². The first-order chi connectivity index (χ1) is 13.8. The fourth-order valence-electron chi connectivity index (χ4n) is 2.57. The van der Waals surface area contributed by atoms with Gasteiger partial charge in [-0.25, -0.2) is 4.99 Å². The Labute approximate surface area is 194 Å². The summed E-state index contributed by atoms with van der Waals surface area (Å²) < 4.78 is 46.3. The van der Waals surface area contributed by atoms with Crippen molar-refractivity contribution in [2.45, 2.75) is 32.7 Å². The van der Waals surface area contributed by atoms with E-state index in [4.69, 9.17) is 9.47 Å². The summed E-state index contributed by atoms with van der Waals surface area (Å²) in [4.78, 5) is 6.77. The minimum atomic E-state index is -4.31. The van der Waals surface area contributed by atoms with Crippen molar-refractivity contribution in [1.29, 1.82) is 0 Å². The Balaban J connectivity index is 0.00000841. The number of rotatable bonds is 13. The Bertz CT molecular complexity index is 604. The van der Waals surface area contributed by atoms with Crippen molar-refractivity contribution in [3.8, 4) is 0 Å². The van der Waals surface area contributed by atoms with E-state index in [0.717, 1.165) is 44.8 Å². The summed E-state index contributed by atoms with van der Waals surface area (Å²) >= 11 is 0. The molecule has 0 atom stereocenters. The molecule has 174 valence electrons. The second kappa shape index (κ2) is 16.6. The van der Waals surface area contributed by atoms with Crippen LogP contribution in [0.15, 0.2) is 29.3 Å². The van der Waals surface area contributed by atoms with Gasteiger partial charge in [0.2, 0.25) is 0 Å². The van der Waals surface area contributed by atoms with Gasteiger partial charge in [0.15, 0.2) is 5.96 Å². The molecule has 0 aromatic heterocycles. The highest BCUT2D eigenvalue weighted by molar-refractivity contribution is 14.0. The predicted octanol–water partition coefficient (Wildman–Crippen LogP) is 3.41. The van der Waals surface area contributed by atoms with Gasteiger partial charge in [-0.05, 0) is 31.5 Å². The first kappa shape index (κ1) is 28.9. The number of aliphatic imine (C=N–C) groups is 1. The molecule has 0 radical (unpaired) electrons. The molecule has 0 saturated carbocycles. The third-order valence-electron chi connectivity index (χ3n) is 3.96. The van der Waals surface area contributed by atoms with Gasteiger partial charge in [0.1, 0.15) is 6.61 Å². The van der Waals surface area contributed by atoms with Gasteiger partial charge in [0.05, 0.1) is 13.2 Å². The summed E-state index contributed by atoms with van der Waals surface area (Å²) in [5, 5.41) is 6.49. The average Bonchev–Trinajstić information content (AvgIpc) is 2.65. The first-order valence-electron chi connectivity index (χ1n) is 9.76. The molecule has 0 bridgehead atoms. The summed E-state index contributed by atoms with van der Waals surface area (Å²) in [6.07, 6.45) is -3.32. The molecule has 30 heavy (non-hydrogen) atoms. The van der Waals surface area contributed by atoms with Crippen LogP contribution in [0.2, 0.25) is 0 Å². The van der Waals surface area contributed by atoms with Crippen molar-refractivity contribution in [1.82, 2.24) is 15.5 Å². The zero-order valence-electron chi connectivity index (χ0n) is 17.9. The van der Waals surface area contributed by atoms with E-state index in [1.54, 1.807) is 19.2 Å². The van der Waals surface area contributed by atoms with E-state index in [1.807, 2.05) is 19.1 Å². The number of benzene rings is 1. The zero-order chi connectivity index (χ0) is 21.5. The van der Waals surface area contributed by atoms with Gasteiger partial charge in [-0.15, -0.1) is 24.0 Å². The number of methoxy groups -OCH3 is 1. The van der Waals surface area contributed by atoms with Crippen LogP contribution in [0.25, 0.3) is 0 Å². The Morgan fingerprint density at radius 1 is 1.17 bits per heavy atom. The van der Waals surface area contributed by atoms with Crippen LogP contribution in [0.4, 0.5) is 13.2 Å². The smallest absolute Gasteiger partial charge is 0.385 e. The van der Waals surface area contributed by atoms with Gasteiger partial charge >= 0.3 is 6.18 Å². The van der Waals surface area contributed by atoms with Crippen LogP contribution in [-0.4, -0.2) is 70.6 Å². The second-order valence-corrected chi connectivity index (χ2v) is 6.70. The topological polar surface area (TPSA) is 58.1 Å². The normalized spacial score (nSPS) is 12.0. The number of hydrogen-bond donors (Lipinski definition) is 2. The van der Waals surface area contributed by atoms with E-state index >= 15 is 0 Å². The molecule has 0 aliphatic carbocycles. The quantitative estimate of drug-likeness (QED) is 0.172. The maximum atomic E-state index is 12.2. The molecule has 0 unspecified atom stereocenters. The van der Waals surface area contributed by atoms with Crippen LogP contribution in [0.3, 0.4) is 0 Å². The molecular formula is C20H34F3IN4O2. The molecule has 0 aliphatic rings. The lowest BCUT2D eigenvalue weighted by atomic mass is 10.1. The number of hydrogen-bond acceptors (Lipinski definition) is 4. The molecule has 2 N–H and O–H groups in total. The molecule has 10 heteroatoms. The van der Waals surface area contributed by atoms with Crippen molar-refractivity contribution in [3.05, 3.63) is 35.4 Å². The SMILES string of the molecule is CCNC(=NCc1cccc(COCC(F)(F)F)c1)NCCN(C)CCCOC.I. The number of guanidine groups is 1. The van der Waals surface area contributed by atoms with Gasteiger partial charge in [-0.3, -0.25) is 0 Å². The lowest BCUT2D eigenvalue weighted by molar-refractivity contribution is -0.176. The maximum absolute atomic E-state index is 12.2. The van der Waals surface area contributed by atoms with Gasteiger partial charge in [-0.1, -0.05) is 24.3 Å². The summed E-state index contributed by atoms with van der Waals surface area (Å²) in [6.45, 7) is 5.17. The third kappa shape index (κ3) is 14.8. The van der Waals surface area contributed by atoms with E-state index in [1.165, 1.54) is 0 Å². The van der Waals surface area contributed by atoms with Crippen LogP contribution in [0.5, 0.6) is 0 Å². The highest BCUT2D eigenvalue weighted by Crippen LogP contribution is 2.16. The van der Waals surface area contributed by atoms with Crippen molar-refractivity contribution >= 4 is 29.9 Å². The van der Waals surface area contributed by atoms with Crippen molar-refractivity contribution in [2.24, 2.45) is 4.99 Å². The summed E-state index contributed by atoms with van der Waals surface area (Å²) in [5.74, 6) is 0.705. The van der Waals surface area contributed by atoms with E-state index in [0.29, 0.717) is 18.1 Å². The monoisotopic (exact) mass is 546 g/mol. The molecule has 1 aromatic rings. The van der Waals surface area contributed by atoms with Crippen LogP contribution in [-0.2, 0) is 22.6 Å². The molecule has 0 aliphatic heterocycles. The zero-order valence-corrected chi connectivity index (χ0v) is 20.3.